The second-order valence-corrected chi connectivity index (χ2v) is 4.19. The van der Waals surface area contributed by atoms with Gasteiger partial charge in [-0.1, -0.05) is 11.6 Å². The number of likely N-dealkylation sites (N-methyl/N-ethyl adjacent to an activating group) is 1. The molecule has 1 rings (SSSR count). The number of hydrogen-bond donors (Lipinski definition) is 3. The molecule has 0 aliphatic heterocycles. The zero-order valence-corrected chi connectivity index (χ0v) is 11.5. The number of carbonyl (C=O) groups is 3. The van der Waals surface area contributed by atoms with Crippen LogP contribution in [0.5, 0.6) is 0 Å². The smallest absolute Gasteiger partial charge is 0.340 e. The molecule has 0 heterocycles. The summed E-state index contributed by atoms with van der Waals surface area (Å²) >= 11 is 5.70. The average Bonchev–Trinajstić information content (AvgIpc) is 2.42. The minimum absolute atomic E-state index is 0.119. The molecule has 108 valence electrons. The van der Waals surface area contributed by atoms with E-state index in [1.807, 2.05) is 0 Å². The van der Waals surface area contributed by atoms with E-state index in [0.29, 0.717) is 5.02 Å². The molecular formula is C12H14ClN3O4. The third kappa shape index (κ3) is 4.77. The Bertz CT molecular complexity index is 533. The molecule has 0 atom stereocenters. The van der Waals surface area contributed by atoms with E-state index in [1.165, 1.54) is 25.2 Å². The molecule has 0 aliphatic rings. The maximum Gasteiger partial charge on any atom is 0.340 e. The Morgan fingerprint density at radius 2 is 2.00 bits per heavy atom. The lowest BCUT2D eigenvalue weighted by Gasteiger charge is -2.07. The Morgan fingerprint density at radius 1 is 1.30 bits per heavy atom. The topological polar surface area (TPSA) is 111 Å². The molecule has 4 N–H and O–H groups in total. The van der Waals surface area contributed by atoms with Gasteiger partial charge in [0, 0.05) is 17.8 Å². The number of halogens is 1. The average molecular weight is 300 g/mol. The Balaban J connectivity index is 2.47. The first-order valence-electron chi connectivity index (χ1n) is 5.63. The Labute approximate surface area is 120 Å². The predicted molar refractivity (Wildman–Crippen MR) is 73.2 cm³/mol. The van der Waals surface area contributed by atoms with Crippen molar-refractivity contribution >= 4 is 35.1 Å². The molecule has 1 aromatic carbocycles. The van der Waals surface area contributed by atoms with E-state index in [4.69, 9.17) is 22.1 Å². The summed E-state index contributed by atoms with van der Waals surface area (Å²) in [5, 5.41) is 5.01. The number of benzene rings is 1. The van der Waals surface area contributed by atoms with E-state index in [2.05, 4.69) is 10.6 Å². The first-order valence-corrected chi connectivity index (χ1v) is 6.01. The quantitative estimate of drug-likeness (QED) is 0.521. The van der Waals surface area contributed by atoms with Crippen LogP contribution in [0.15, 0.2) is 18.2 Å². The molecule has 0 fully saturated rings. The number of nitrogens with one attached hydrogen (secondary N) is 2. The third-order valence-corrected chi connectivity index (χ3v) is 2.53. The van der Waals surface area contributed by atoms with Crippen LogP contribution in [0.1, 0.15) is 10.4 Å². The van der Waals surface area contributed by atoms with Gasteiger partial charge < -0.3 is 21.1 Å². The van der Waals surface area contributed by atoms with Crippen LogP contribution in [0.4, 0.5) is 5.69 Å². The van der Waals surface area contributed by atoms with Crippen molar-refractivity contribution in [2.24, 2.45) is 0 Å². The van der Waals surface area contributed by atoms with Crippen molar-refractivity contribution in [1.29, 1.82) is 0 Å². The summed E-state index contributed by atoms with van der Waals surface area (Å²) in [6, 6.07) is 4.30. The summed E-state index contributed by atoms with van der Waals surface area (Å²) in [5.74, 6) is -1.68. The fraction of sp³-hybridized carbons (Fsp3) is 0.250. The van der Waals surface area contributed by atoms with Gasteiger partial charge in [0.25, 0.3) is 5.91 Å². The van der Waals surface area contributed by atoms with Crippen LogP contribution in [0.2, 0.25) is 5.02 Å². The lowest BCUT2D eigenvalue weighted by Crippen LogP contribution is -2.37. The van der Waals surface area contributed by atoms with Crippen molar-refractivity contribution in [3.8, 4) is 0 Å². The van der Waals surface area contributed by atoms with Gasteiger partial charge in [0.2, 0.25) is 5.91 Å². The fourth-order valence-electron chi connectivity index (χ4n) is 1.25. The molecule has 0 radical (unpaired) electrons. The van der Waals surface area contributed by atoms with Gasteiger partial charge in [-0.15, -0.1) is 0 Å². The van der Waals surface area contributed by atoms with Crippen LogP contribution in [0.25, 0.3) is 0 Å². The molecule has 0 spiro atoms. The lowest BCUT2D eigenvalue weighted by atomic mass is 10.2. The van der Waals surface area contributed by atoms with Gasteiger partial charge in [0.15, 0.2) is 6.61 Å². The van der Waals surface area contributed by atoms with Gasteiger partial charge in [0.1, 0.15) is 0 Å². The van der Waals surface area contributed by atoms with Crippen LogP contribution in [0, 0.1) is 0 Å². The number of nitrogens with two attached hydrogens (primary N) is 1. The molecule has 20 heavy (non-hydrogen) atoms. The van der Waals surface area contributed by atoms with Crippen LogP contribution in [-0.2, 0) is 14.3 Å². The van der Waals surface area contributed by atoms with Crippen molar-refractivity contribution in [3.63, 3.8) is 0 Å². The van der Waals surface area contributed by atoms with E-state index in [-0.39, 0.29) is 23.7 Å². The number of hydrogen-bond acceptors (Lipinski definition) is 5. The second-order valence-electron chi connectivity index (χ2n) is 3.76. The number of rotatable bonds is 5. The highest BCUT2D eigenvalue weighted by Gasteiger charge is 2.13. The zero-order valence-electron chi connectivity index (χ0n) is 10.7. The van der Waals surface area contributed by atoms with Crippen LogP contribution in [0.3, 0.4) is 0 Å². The monoisotopic (exact) mass is 299 g/mol. The zero-order chi connectivity index (χ0) is 15.1. The summed E-state index contributed by atoms with van der Waals surface area (Å²) in [6.45, 7) is -0.687. The molecule has 1 aromatic rings. The van der Waals surface area contributed by atoms with Gasteiger partial charge in [-0.05, 0) is 18.2 Å². The van der Waals surface area contributed by atoms with Crippen LogP contribution < -0.4 is 16.4 Å². The molecular weight excluding hydrogens is 286 g/mol. The summed E-state index contributed by atoms with van der Waals surface area (Å²) in [5.41, 5.74) is 5.89. The van der Waals surface area contributed by atoms with Crippen molar-refractivity contribution in [3.05, 3.63) is 28.8 Å². The molecule has 8 heteroatoms. The van der Waals surface area contributed by atoms with Crippen LogP contribution in [-0.4, -0.2) is 38.0 Å². The number of ether oxygens (including phenoxy) is 1. The normalized spacial score (nSPS) is 9.70. The first-order chi connectivity index (χ1) is 9.43. The molecule has 0 saturated heterocycles. The maximum absolute atomic E-state index is 11.7. The molecule has 2 amide bonds. The summed E-state index contributed by atoms with van der Waals surface area (Å²) in [6.07, 6.45) is 0. The number of nitrogen functional groups attached to an aromatic ring is 1. The standard InChI is InChI=1S/C12H14ClN3O4/c1-15-10(17)5-16-11(18)6-20-12(19)8-3-2-7(13)4-9(8)14/h2-4H,5-6,14H2,1H3,(H,15,17)(H,16,18). The summed E-state index contributed by atoms with van der Waals surface area (Å²) in [4.78, 5) is 33.9. The van der Waals surface area contributed by atoms with E-state index in [0.717, 1.165) is 0 Å². The molecule has 0 bridgehead atoms. The molecule has 0 aliphatic carbocycles. The van der Waals surface area contributed by atoms with Crippen molar-refractivity contribution < 1.29 is 19.1 Å². The number of amides is 2. The van der Waals surface area contributed by atoms with Crippen molar-refractivity contribution in [2.75, 3.05) is 25.9 Å². The molecule has 0 saturated carbocycles. The van der Waals surface area contributed by atoms with Gasteiger partial charge in [-0.25, -0.2) is 4.79 Å². The maximum atomic E-state index is 11.7. The highest BCUT2D eigenvalue weighted by atomic mass is 35.5. The van der Waals surface area contributed by atoms with Crippen LogP contribution >= 0.6 is 11.6 Å². The second kappa shape index (κ2) is 7.34. The van der Waals surface area contributed by atoms with Gasteiger partial charge in [0.05, 0.1) is 12.1 Å². The Kier molecular flexibility index (Phi) is 5.79. The van der Waals surface area contributed by atoms with Crippen molar-refractivity contribution in [1.82, 2.24) is 10.6 Å². The van der Waals surface area contributed by atoms with Crippen molar-refractivity contribution in [2.45, 2.75) is 0 Å². The molecule has 0 unspecified atom stereocenters. The van der Waals surface area contributed by atoms with E-state index < -0.39 is 18.5 Å². The first kappa shape index (κ1) is 15.8. The van der Waals surface area contributed by atoms with E-state index in [1.54, 1.807) is 0 Å². The SMILES string of the molecule is CNC(=O)CNC(=O)COC(=O)c1ccc(Cl)cc1N. The Hall–Kier alpha value is -2.28. The minimum atomic E-state index is -0.741. The summed E-state index contributed by atoms with van der Waals surface area (Å²) < 4.78 is 4.77. The van der Waals surface area contributed by atoms with E-state index >= 15 is 0 Å². The predicted octanol–water partition coefficient (Wildman–Crippen LogP) is -0.0588. The minimum Gasteiger partial charge on any atom is -0.452 e. The van der Waals surface area contributed by atoms with E-state index in [9.17, 15) is 14.4 Å². The van der Waals surface area contributed by atoms with Gasteiger partial charge in [-0.3, -0.25) is 9.59 Å². The summed E-state index contributed by atoms with van der Waals surface area (Å²) in [7, 11) is 1.44. The van der Waals surface area contributed by atoms with Gasteiger partial charge in [-0.2, -0.15) is 0 Å². The third-order valence-electron chi connectivity index (χ3n) is 2.29. The highest BCUT2D eigenvalue weighted by Crippen LogP contribution is 2.18. The number of esters is 1. The fourth-order valence-corrected chi connectivity index (χ4v) is 1.43. The highest BCUT2D eigenvalue weighted by molar-refractivity contribution is 6.31. The molecule has 7 nitrogen and oxygen atoms in total. The Morgan fingerprint density at radius 3 is 2.60 bits per heavy atom. The molecule has 0 aromatic heterocycles. The number of anilines is 1. The lowest BCUT2D eigenvalue weighted by molar-refractivity contribution is -0.127. The number of carbonyl (C=O) groups excluding carboxylic acids is 3. The van der Waals surface area contributed by atoms with Gasteiger partial charge >= 0.3 is 5.97 Å². The largest absolute Gasteiger partial charge is 0.452 e.